The Morgan fingerprint density at radius 2 is 1.82 bits per heavy atom. The number of aryl methyl sites for hydroxylation is 1. The molecule has 0 saturated heterocycles. The van der Waals surface area contributed by atoms with Crippen LogP contribution in [0.5, 0.6) is 0 Å². The first-order valence-corrected chi connectivity index (χ1v) is 4.46. The molecule has 92 valence electrons. The molecule has 0 heterocycles. The molecule has 0 spiro atoms. The molecule has 0 fully saturated rings. The summed E-state index contributed by atoms with van der Waals surface area (Å²) in [5.41, 5.74) is 2.11. The van der Waals surface area contributed by atoms with Crippen LogP contribution in [-0.2, 0) is 9.63 Å². The van der Waals surface area contributed by atoms with E-state index in [9.17, 15) is 22.8 Å². The summed E-state index contributed by atoms with van der Waals surface area (Å²) in [5.74, 6) is -3.39. The molecule has 0 aliphatic carbocycles. The first-order chi connectivity index (χ1) is 7.82. The van der Waals surface area contributed by atoms with E-state index < -0.39 is 18.1 Å². The second-order valence-corrected chi connectivity index (χ2v) is 3.13. The second kappa shape index (κ2) is 4.86. The van der Waals surface area contributed by atoms with E-state index in [0.29, 0.717) is 5.56 Å². The van der Waals surface area contributed by atoms with E-state index in [2.05, 4.69) is 4.84 Å². The first kappa shape index (κ1) is 13.0. The van der Waals surface area contributed by atoms with Crippen LogP contribution in [0.25, 0.3) is 0 Å². The van der Waals surface area contributed by atoms with E-state index in [1.54, 1.807) is 19.1 Å². The minimum atomic E-state index is -5.14. The highest BCUT2D eigenvalue weighted by Gasteiger charge is 2.42. The fourth-order valence-corrected chi connectivity index (χ4v) is 1.03. The molecule has 4 nitrogen and oxygen atoms in total. The molecular formula is C10H8F3NO3. The van der Waals surface area contributed by atoms with Gasteiger partial charge in [-0.3, -0.25) is 4.79 Å². The van der Waals surface area contributed by atoms with Crippen LogP contribution in [0.3, 0.4) is 0 Å². The Bertz CT molecular complexity index is 443. The molecule has 0 unspecified atom stereocenters. The van der Waals surface area contributed by atoms with E-state index >= 15 is 0 Å². The summed E-state index contributed by atoms with van der Waals surface area (Å²) in [4.78, 5) is 25.3. The van der Waals surface area contributed by atoms with Gasteiger partial charge in [-0.1, -0.05) is 18.2 Å². The molecule has 0 aromatic heterocycles. The summed E-state index contributed by atoms with van der Waals surface area (Å²) in [7, 11) is 0. The molecule has 0 bridgehead atoms. The van der Waals surface area contributed by atoms with Gasteiger partial charge in [-0.25, -0.2) is 4.79 Å². The van der Waals surface area contributed by atoms with Gasteiger partial charge in [0.25, 0.3) is 5.91 Å². The smallest absolute Gasteiger partial charge is 0.332 e. The zero-order chi connectivity index (χ0) is 13.1. The SMILES string of the molecule is Cc1ccccc1C(=O)NOC(=O)C(F)(F)F. The van der Waals surface area contributed by atoms with Gasteiger partial charge < -0.3 is 4.84 Å². The molecule has 1 N–H and O–H groups in total. The number of carbonyl (C=O) groups is 2. The quantitative estimate of drug-likeness (QED) is 0.769. The maximum Gasteiger partial charge on any atom is 0.493 e. The van der Waals surface area contributed by atoms with Gasteiger partial charge >= 0.3 is 12.1 Å². The summed E-state index contributed by atoms with van der Waals surface area (Å²) < 4.78 is 35.3. The van der Waals surface area contributed by atoms with Crippen LogP contribution >= 0.6 is 0 Å². The number of carbonyl (C=O) groups excluding carboxylic acids is 2. The monoisotopic (exact) mass is 247 g/mol. The van der Waals surface area contributed by atoms with E-state index in [1.165, 1.54) is 17.6 Å². The summed E-state index contributed by atoms with van der Waals surface area (Å²) in [6, 6.07) is 6.19. The van der Waals surface area contributed by atoms with Gasteiger partial charge in [0.1, 0.15) is 0 Å². The zero-order valence-corrected chi connectivity index (χ0v) is 8.67. The highest BCUT2D eigenvalue weighted by Crippen LogP contribution is 2.15. The lowest BCUT2D eigenvalue weighted by Crippen LogP contribution is -2.34. The number of nitrogens with one attached hydrogen (secondary N) is 1. The van der Waals surface area contributed by atoms with Crippen LogP contribution in [0.1, 0.15) is 15.9 Å². The topological polar surface area (TPSA) is 55.4 Å². The van der Waals surface area contributed by atoms with Crippen molar-refractivity contribution in [1.29, 1.82) is 0 Å². The largest absolute Gasteiger partial charge is 0.493 e. The van der Waals surface area contributed by atoms with Gasteiger partial charge in [-0.15, -0.1) is 0 Å². The van der Waals surface area contributed by atoms with Gasteiger partial charge in [-0.05, 0) is 18.6 Å². The number of hydroxylamine groups is 1. The van der Waals surface area contributed by atoms with Crippen molar-refractivity contribution in [2.75, 3.05) is 0 Å². The summed E-state index contributed by atoms with van der Waals surface area (Å²) in [6.45, 7) is 1.60. The highest BCUT2D eigenvalue weighted by molar-refractivity contribution is 5.95. The molecule has 0 aliphatic rings. The first-order valence-electron chi connectivity index (χ1n) is 4.46. The molecule has 17 heavy (non-hydrogen) atoms. The standard InChI is InChI=1S/C10H8F3NO3/c1-6-4-2-3-5-7(6)8(15)14-17-9(16)10(11,12)13/h2-5H,1H3,(H,14,15). The Hall–Kier alpha value is -2.05. The number of halogens is 3. The molecule has 7 heteroatoms. The van der Waals surface area contributed by atoms with Gasteiger partial charge in [0, 0.05) is 5.56 Å². The Balaban J connectivity index is 2.63. The molecule has 1 aromatic carbocycles. The summed E-state index contributed by atoms with van der Waals surface area (Å²) in [6.07, 6.45) is -5.14. The summed E-state index contributed by atoms with van der Waals surface area (Å²) in [5, 5.41) is 0. The van der Waals surface area contributed by atoms with E-state index in [-0.39, 0.29) is 5.56 Å². The van der Waals surface area contributed by atoms with Crippen molar-refractivity contribution in [2.45, 2.75) is 13.1 Å². The van der Waals surface area contributed by atoms with Crippen molar-refractivity contribution in [2.24, 2.45) is 0 Å². The minimum absolute atomic E-state index is 0.127. The lowest BCUT2D eigenvalue weighted by molar-refractivity contribution is -0.204. The number of alkyl halides is 3. The van der Waals surface area contributed by atoms with E-state index in [0.717, 1.165) is 0 Å². The number of rotatable bonds is 1. The molecule has 0 radical (unpaired) electrons. The number of hydrogen-bond acceptors (Lipinski definition) is 3. The third-order valence-electron chi connectivity index (χ3n) is 1.86. The van der Waals surface area contributed by atoms with Crippen molar-refractivity contribution < 1.29 is 27.6 Å². The minimum Gasteiger partial charge on any atom is -0.332 e. The Morgan fingerprint density at radius 3 is 2.35 bits per heavy atom. The molecule has 1 rings (SSSR count). The van der Waals surface area contributed by atoms with Gasteiger partial charge in [0.05, 0.1) is 0 Å². The lowest BCUT2D eigenvalue weighted by atomic mass is 10.1. The second-order valence-electron chi connectivity index (χ2n) is 3.13. The fraction of sp³-hybridized carbons (Fsp3) is 0.200. The summed E-state index contributed by atoms with van der Waals surface area (Å²) >= 11 is 0. The lowest BCUT2D eigenvalue weighted by Gasteiger charge is -2.08. The zero-order valence-electron chi connectivity index (χ0n) is 8.67. The maximum absolute atomic E-state index is 11.8. The van der Waals surface area contributed by atoms with Gasteiger partial charge in [0.2, 0.25) is 0 Å². The molecule has 1 amide bonds. The predicted octanol–water partition coefficient (Wildman–Crippen LogP) is 1.75. The van der Waals surface area contributed by atoms with Crippen molar-refractivity contribution in [3.8, 4) is 0 Å². The molecule has 0 saturated carbocycles. The van der Waals surface area contributed by atoms with E-state index in [4.69, 9.17) is 0 Å². The highest BCUT2D eigenvalue weighted by atomic mass is 19.4. The number of benzene rings is 1. The van der Waals surface area contributed by atoms with Crippen LogP contribution in [0.15, 0.2) is 24.3 Å². The van der Waals surface area contributed by atoms with Crippen LogP contribution in [-0.4, -0.2) is 18.1 Å². The molecular weight excluding hydrogens is 239 g/mol. The van der Waals surface area contributed by atoms with Crippen molar-refractivity contribution in [1.82, 2.24) is 5.48 Å². The Morgan fingerprint density at radius 1 is 1.24 bits per heavy atom. The fourth-order valence-electron chi connectivity index (χ4n) is 1.03. The third-order valence-corrected chi connectivity index (χ3v) is 1.86. The molecule has 1 aromatic rings. The number of hydrogen-bond donors (Lipinski definition) is 1. The predicted molar refractivity (Wildman–Crippen MR) is 50.8 cm³/mol. The number of amides is 1. The maximum atomic E-state index is 11.8. The van der Waals surface area contributed by atoms with Crippen LogP contribution in [0.4, 0.5) is 13.2 Å². The normalized spacial score (nSPS) is 10.8. The average molecular weight is 247 g/mol. The van der Waals surface area contributed by atoms with Gasteiger partial charge in [0.15, 0.2) is 0 Å². The molecule has 0 atom stereocenters. The van der Waals surface area contributed by atoms with Crippen molar-refractivity contribution in [3.63, 3.8) is 0 Å². The van der Waals surface area contributed by atoms with E-state index in [1.807, 2.05) is 0 Å². The van der Waals surface area contributed by atoms with Crippen LogP contribution in [0.2, 0.25) is 0 Å². The van der Waals surface area contributed by atoms with Crippen molar-refractivity contribution >= 4 is 11.9 Å². The van der Waals surface area contributed by atoms with Crippen molar-refractivity contribution in [3.05, 3.63) is 35.4 Å². The Labute approximate surface area is 94.3 Å². The molecule has 0 aliphatic heterocycles. The Kier molecular flexibility index (Phi) is 3.72. The van der Waals surface area contributed by atoms with Gasteiger partial charge in [-0.2, -0.15) is 18.7 Å². The van der Waals surface area contributed by atoms with Crippen LogP contribution < -0.4 is 5.48 Å². The average Bonchev–Trinajstić information content (AvgIpc) is 2.24. The third kappa shape index (κ3) is 3.47. The van der Waals surface area contributed by atoms with Crippen LogP contribution in [0, 0.1) is 6.92 Å².